The maximum Gasteiger partial charge on any atom is 0.222 e. The second-order valence-corrected chi connectivity index (χ2v) is 4.44. The molecule has 4 heteroatoms. The van der Waals surface area contributed by atoms with E-state index >= 15 is 0 Å². The third-order valence-corrected chi connectivity index (χ3v) is 2.78. The molecule has 0 aromatic heterocycles. The van der Waals surface area contributed by atoms with Gasteiger partial charge >= 0.3 is 0 Å². The standard InChI is InChI=1S/C11H21NO3/c1-8(2)10(7-13)12-11(14)6-9-4-3-5-15-9/h8-10,13H,3-7H2,1-2H3,(H,12,14). The molecule has 1 heterocycles. The van der Waals surface area contributed by atoms with E-state index in [2.05, 4.69) is 5.32 Å². The van der Waals surface area contributed by atoms with Gasteiger partial charge in [-0.3, -0.25) is 4.79 Å². The smallest absolute Gasteiger partial charge is 0.222 e. The topological polar surface area (TPSA) is 58.6 Å². The minimum absolute atomic E-state index is 0.00503. The summed E-state index contributed by atoms with van der Waals surface area (Å²) in [4.78, 5) is 11.6. The van der Waals surface area contributed by atoms with Crippen LogP contribution in [-0.2, 0) is 9.53 Å². The molecule has 1 amide bonds. The summed E-state index contributed by atoms with van der Waals surface area (Å²) in [7, 11) is 0. The molecule has 4 nitrogen and oxygen atoms in total. The van der Waals surface area contributed by atoms with E-state index in [0.717, 1.165) is 19.4 Å². The summed E-state index contributed by atoms with van der Waals surface area (Å²) >= 11 is 0. The summed E-state index contributed by atoms with van der Waals surface area (Å²) in [5.41, 5.74) is 0. The van der Waals surface area contributed by atoms with Crippen LogP contribution in [0.1, 0.15) is 33.1 Å². The molecule has 1 aliphatic rings. The SMILES string of the molecule is CC(C)C(CO)NC(=O)CC1CCCO1. The lowest BCUT2D eigenvalue weighted by atomic mass is 10.0. The molecule has 2 unspecified atom stereocenters. The van der Waals surface area contributed by atoms with Gasteiger partial charge in [-0.2, -0.15) is 0 Å². The Morgan fingerprint density at radius 2 is 2.33 bits per heavy atom. The molecule has 0 spiro atoms. The predicted molar refractivity (Wildman–Crippen MR) is 57.4 cm³/mol. The van der Waals surface area contributed by atoms with Crippen molar-refractivity contribution in [2.45, 2.75) is 45.3 Å². The zero-order valence-corrected chi connectivity index (χ0v) is 9.53. The Kier molecular flexibility index (Phi) is 5.05. The van der Waals surface area contributed by atoms with Crippen LogP contribution in [0.5, 0.6) is 0 Å². The lowest BCUT2D eigenvalue weighted by Gasteiger charge is -2.20. The number of aliphatic hydroxyl groups excluding tert-OH is 1. The third kappa shape index (κ3) is 4.18. The molecule has 88 valence electrons. The van der Waals surface area contributed by atoms with E-state index < -0.39 is 0 Å². The molecule has 0 aromatic carbocycles. The van der Waals surface area contributed by atoms with E-state index in [0.29, 0.717) is 6.42 Å². The zero-order valence-electron chi connectivity index (χ0n) is 9.53. The van der Waals surface area contributed by atoms with Crippen molar-refractivity contribution in [3.63, 3.8) is 0 Å². The van der Waals surface area contributed by atoms with Gasteiger partial charge in [0.25, 0.3) is 0 Å². The van der Waals surface area contributed by atoms with Crippen LogP contribution in [0.15, 0.2) is 0 Å². The number of hydrogen-bond acceptors (Lipinski definition) is 3. The van der Waals surface area contributed by atoms with Gasteiger partial charge in [-0.15, -0.1) is 0 Å². The van der Waals surface area contributed by atoms with E-state index in [4.69, 9.17) is 9.84 Å². The van der Waals surface area contributed by atoms with Crippen molar-refractivity contribution < 1.29 is 14.6 Å². The summed E-state index contributed by atoms with van der Waals surface area (Å²) in [6.45, 7) is 4.72. The molecule has 1 fully saturated rings. The van der Waals surface area contributed by atoms with Crippen LogP contribution in [0.3, 0.4) is 0 Å². The van der Waals surface area contributed by atoms with Gasteiger partial charge in [0.15, 0.2) is 0 Å². The van der Waals surface area contributed by atoms with Crippen molar-refractivity contribution in [2.75, 3.05) is 13.2 Å². The molecule has 0 bridgehead atoms. The fourth-order valence-electron chi connectivity index (χ4n) is 1.70. The van der Waals surface area contributed by atoms with Crippen molar-refractivity contribution in [2.24, 2.45) is 5.92 Å². The number of aliphatic hydroxyl groups is 1. The number of amides is 1. The first-order valence-corrected chi connectivity index (χ1v) is 5.65. The van der Waals surface area contributed by atoms with Crippen LogP contribution >= 0.6 is 0 Å². The fourth-order valence-corrected chi connectivity index (χ4v) is 1.70. The lowest BCUT2D eigenvalue weighted by Crippen LogP contribution is -2.42. The van der Waals surface area contributed by atoms with Crippen molar-refractivity contribution in [1.29, 1.82) is 0 Å². The largest absolute Gasteiger partial charge is 0.394 e. The summed E-state index contributed by atoms with van der Waals surface area (Å²) < 4.78 is 5.38. The maximum absolute atomic E-state index is 11.6. The van der Waals surface area contributed by atoms with Crippen LogP contribution < -0.4 is 5.32 Å². The monoisotopic (exact) mass is 215 g/mol. The number of carbonyl (C=O) groups is 1. The van der Waals surface area contributed by atoms with Gasteiger partial charge in [0.05, 0.1) is 25.2 Å². The van der Waals surface area contributed by atoms with Gasteiger partial charge in [-0.25, -0.2) is 0 Å². The Morgan fingerprint density at radius 3 is 2.80 bits per heavy atom. The van der Waals surface area contributed by atoms with E-state index in [1.165, 1.54) is 0 Å². The Hall–Kier alpha value is -0.610. The number of hydrogen-bond donors (Lipinski definition) is 2. The van der Waals surface area contributed by atoms with Crippen LogP contribution in [0.25, 0.3) is 0 Å². The molecule has 0 aliphatic carbocycles. The summed E-state index contributed by atoms with van der Waals surface area (Å²) in [5, 5.41) is 11.9. The highest BCUT2D eigenvalue weighted by Gasteiger charge is 2.21. The number of ether oxygens (including phenoxy) is 1. The van der Waals surface area contributed by atoms with Crippen molar-refractivity contribution in [3.8, 4) is 0 Å². The minimum atomic E-state index is -0.140. The Bertz CT molecular complexity index is 200. The molecular formula is C11H21NO3. The molecule has 0 aromatic rings. The quantitative estimate of drug-likeness (QED) is 0.709. The molecular weight excluding hydrogens is 194 g/mol. The van der Waals surface area contributed by atoms with E-state index in [9.17, 15) is 4.79 Å². The highest BCUT2D eigenvalue weighted by Crippen LogP contribution is 2.15. The number of rotatable bonds is 5. The fraction of sp³-hybridized carbons (Fsp3) is 0.909. The lowest BCUT2D eigenvalue weighted by molar-refractivity contribution is -0.124. The van der Waals surface area contributed by atoms with Gasteiger partial charge in [0.1, 0.15) is 0 Å². The molecule has 2 N–H and O–H groups in total. The summed E-state index contributed by atoms with van der Waals surface area (Å²) in [5.74, 6) is 0.234. The van der Waals surface area contributed by atoms with Crippen LogP contribution in [0.4, 0.5) is 0 Å². The molecule has 1 rings (SSSR count). The maximum atomic E-state index is 11.6. The third-order valence-electron chi connectivity index (χ3n) is 2.78. The van der Waals surface area contributed by atoms with Gasteiger partial charge in [-0.1, -0.05) is 13.8 Å². The van der Waals surface area contributed by atoms with Crippen molar-refractivity contribution >= 4 is 5.91 Å². The summed E-state index contributed by atoms with van der Waals surface area (Å²) in [6.07, 6.45) is 2.52. The highest BCUT2D eigenvalue weighted by atomic mass is 16.5. The van der Waals surface area contributed by atoms with Crippen LogP contribution in [0.2, 0.25) is 0 Å². The molecule has 1 saturated heterocycles. The van der Waals surface area contributed by atoms with E-state index in [1.54, 1.807) is 0 Å². The number of nitrogens with one attached hydrogen (secondary N) is 1. The molecule has 1 aliphatic heterocycles. The summed E-state index contributed by atoms with van der Waals surface area (Å²) in [6, 6.07) is -0.140. The molecule has 0 saturated carbocycles. The van der Waals surface area contributed by atoms with Gasteiger partial charge in [0, 0.05) is 6.61 Å². The zero-order chi connectivity index (χ0) is 11.3. The molecule has 2 atom stereocenters. The van der Waals surface area contributed by atoms with Crippen LogP contribution in [-0.4, -0.2) is 36.4 Å². The Morgan fingerprint density at radius 1 is 1.60 bits per heavy atom. The Labute approximate surface area is 91.0 Å². The number of carbonyl (C=O) groups excluding carboxylic acids is 1. The van der Waals surface area contributed by atoms with Crippen molar-refractivity contribution in [1.82, 2.24) is 5.32 Å². The average Bonchev–Trinajstić information content (AvgIpc) is 2.66. The van der Waals surface area contributed by atoms with Crippen LogP contribution in [0, 0.1) is 5.92 Å². The minimum Gasteiger partial charge on any atom is -0.394 e. The molecule has 15 heavy (non-hydrogen) atoms. The first kappa shape index (κ1) is 12.5. The van der Waals surface area contributed by atoms with Crippen molar-refractivity contribution in [3.05, 3.63) is 0 Å². The average molecular weight is 215 g/mol. The highest BCUT2D eigenvalue weighted by molar-refractivity contribution is 5.76. The van der Waals surface area contributed by atoms with E-state index in [-0.39, 0.29) is 30.6 Å². The first-order chi connectivity index (χ1) is 7.13. The normalized spacial score (nSPS) is 23.1. The second-order valence-electron chi connectivity index (χ2n) is 4.44. The first-order valence-electron chi connectivity index (χ1n) is 5.65. The van der Waals surface area contributed by atoms with Gasteiger partial charge in [-0.05, 0) is 18.8 Å². The van der Waals surface area contributed by atoms with E-state index in [1.807, 2.05) is 13.8 Å². The Balaban J connectivity index is 2.27. The predicted octanol–water partition coefficient (Wildman–Crippen LogP) is 0.689. The second kappa shape index (κ2) is 6.08. The van der Waals surface area contributed by atoms with Gasteiger partial charge in [0.2, 0.25) is 5.91 Å². The van der Waals surface area contributed by atoms with Gasteiger partial charge < -0.3 is 15.2 Å². The molecule has 0 radical (unpaired) electrons.